The van der Waals surface area contributed by atoms with Crippen LogP contribution in [0.2, 0.25) is 0 Å². The highest BCUT2D eigenvalue weighted by Gasteiger charge is 2.67. The summed E-state index contributed by atoms with van der Waals surface area (Å²) in [5.41, 5.74) is 2.54. The smallest absolute Gasteiger partial charge is 0.242 e. The molecule has 0 radical (unpaired) electrons. The molecule has 46 heavy (non-hydrogen) atoms. The third-order valence-electron chi connectivity index (χ3n) is 9.86. The molecule has 0 spiro atoms. The lowest BCUT2D eigenvalue weighted by Gasteiger charge is -2.48. The van der Waals surface area contributed by atoms with Crippen molar-refractivity contribution < 1.29 is 34.4 Å². The van der Waals surface area contributed by atoms with E-state index in [0.29, 0.717) is 31.4 Å². The maximum Gasteiger partial charge on any atom is 0.242 e. The van der Waals surface area contributed by atoms with E-state index in [1.165, 1.54) is 0 Å². The van der Waals surface area contributed by atoms with Crippen molar-refractivity contribution >= 4 is 11.8 Å². The van der Waals surface area contributed by atoms with E-state index in [2.05, 4.69) is 34.9 Å². The highest BCUT2D eigenvalue weighted by molar-refractivity contribution is 5.88. The van der Waals surface area contributed by atoms with Gasteiger partial charge in [0.05, 0.1) is 18.3 Å². The quantitative estimate of drug-likeness (QED) is 0.213. The van der Waals surface area contributed by atoms with Gasteiger partial charge in [0.2, 0.25) is 17.6 Å². The number of likely N-dealkylation sites (N-methyl/N-ethyl adjacent to an activating group) is 1. The first-order valence-corrected chi connectivity index (χ1v) is 16.6. The lowest BCUT2D eigenvalue weighted by Crippen LogP contribution is -2.62. The molecule has 3 aliphatic rings. The summed E-state index contributed by atoms with van der Waals surface area (Å²) < 4.78 is 12.5. The lowest BCUT2D eigenvalue weighted by atomic mass is 9.77. The van der Waals surface area contributed by atoms with Crippen molar-refractivity contribution in [1.29, 1.82) is 0 Å². The minimum atomic E-state index is -1.56. The molecule has 2 aromatic rings. The number of ether oxygens (including phenoxy) is 2. The Balaban J connectivity index is 1.16. The molecule has 1 saturated carbocycles. The number of amides is 2. The van der Waals surface area contributed by atoms with E-state index in [-0.39, 0.29) is 30.8 Å². The summed E-state index contributed by atoms with van der Waals surface area (Å²) in [6, 6.07) is 13.7. The highest BCUT2D eigenvalue weighted by Crippen LogP contribution is 2.53. The maximum atomic E-state index is 12.7. The topological polar surface area (TPSA) is 141 Å². The van der Waals surface area contributed by atoms with Gasteiger partial charge in [0, 0.05) is 31.5 Å². The van der Waals surface area contributed by atoms with E-state index in [4.69, 9.17) is 9.47 Å². The van der Waals surface area contributed by atoms with E-state index >= 15 is 0 Å². The Labute approximate surface area is 272 Å². The second-order valence-corrected chi connectivity index (χ2v) is 14.3. The number of hydrogen-bond donors (Lipinski definition) is 5. The molecule has 10 heteroatoms. The molecule has 5 rings (SSSR count). The highest BCUT2D eigenvalue weighted by atomic mass is 16.8. The Morgan fingerprint density at radius 1 is 1.09 bits per heavy atom. The van der Waals surface area contributed by atoms with Crippen LogP contribution in [0, 0.1) is 12.8 Å². The minimum absolute atomic E-state index is 0.0600. The Hall–Kier alpha value is -2.86. The minimum Gasteiger partial charge on any atom is -0.390 e. The first-order chi connectivity index (χ1) is 21.7. The van der Waals surface area contributed by atoms with Gasteiger partial charge in [-0.2, -0.15) is 0 Å². The molecule has 252 valence electrons. The molecule has 2 heterocycles. The molecule has 2 aromatic carbocycles. The predicted octanol–water partition coefficient (Wildman–Crippen LogP) is 2.32. The number of aliphatic hydroxyl groups is 3. The fourth-order valence-electron chi connectivity index (χ4n) is 6.55. The van der Waals surface area contributed by atoms with Crippen molar-refractivity contribution in [2.45, 2.75) is 101 Å². The lowest BCUT2D eigenvalue weighted by molar-refractivity contribution is -0.319. The number of fused-ring (bicyclic) bond motifs is 2. The SMILES string of the molecule is Cc1ccc([C@@]23OC[C@@](C(C)(C)O)(C[C@H](O)[C@H]2O)O3)cc1Cc1ccc(CCCC(=O)N[C@H](C(=O)NCCN(C)C)C2CC2)cc1. The third kappa shape index (κ3) is 7.48. The van der Waals surface area contributed by atoms with Gasteiger partial charge in [-0.25, -0.2) is 0 Å². The Morgan fingerprint density at radius 2 is 1.78 bits per heavy atom. The van der Waals surface area contributed by atoms with Crippen LogP contribution < -0.4 is 10.6 Å². The molecule has 0 aromatic heterocycles. The zero-order chi connectivity index (χ0) is 33.3. The van der Waals surface area contributed by atoms with Crippen molar-refractivity contribution in [3.8, 4) is 0 Å². The number of aliphatic hydroxyl groups excluding tert-OH is 2. The van der Waals surface area contributed by atoms with Gasteiger partial charge in [-0.15, -0.1) is 0 Å². The van der Waals surface area contributed by atoms with Gasteiger partial charge < -0.3 is 40.3 Å². The maximum absolute atomic E-state index is 12.7. The Bertz CT molecular complexity index is 1390. The Kier molecular flexibility index (Phi) is 10.3. The fourth-order valence-corrected chi connectivity index (χ4v) is 6.55. The summed E-state index contributed by atoms with van der Waals surface area (Å²) in [5, 5.41) is 38.6. The van der Waals surface area contributed by atoms with Crippen molar-refractivity contribution in [2.24, 2.45) is 5.92 Å². The summed E-state index contributed by atoms with van der Waals surface area (Å²) in [6.45, 7) is 6.68. The van der Waals surface area contributed by atoms with Gasteiger partial charge in [0.25, 0.3) is 0 Å². The van der Waals surface area contributed by atoms with E-state index < -0.39 is 35.2 Å². The van der Waals surface area contributed by atoms with Crippen LogP contribution in [0.25, 0.3) is 0 Å². The molecule has 2 saturated heterocycles. The standard InChI is InChI=1S/C36H51N3O7/c1-23-9-16-28(36-32(42)29(40)21-35(46-36,22-45-36)34(2,3)44)20-27(23)19-25-12-10-24(11-13-25)7-6-8-30(41)38-31(26-14-15-26)33(43)37-17-18-39(4)5/h9-13,16,20,26,29,31-32,40,42,44H,6-8,14-15,17-19,21-22H2,1-5H3,(H,37,43)(H,38,41)/t29-,31-,32+,35+,36-/m0/s1. The molecule has 0 unspecified atom stereocenters. The molecule has 5 atom stereocenters. The second kappa shape index (κ2) is 13.7. The number of hydrogen-bond acceptors (Lipinski definition) is 8. The summed E-state index contributed by atoms with van der Waals surface area (Å²) in [4.78, 5) is 27.3. The van der Waals surface area contributed by atoms with Crippen LogP contribution in [-0.2, 0) is 37.7 Å². The van der Waals surface area contributed by atoms with Crippen molar-refractivity contribution in [3.63, 3.8) is 0 Å². The molecule has 10 nitrogen and oxygen atoms in total. The van der Waals surface area contributed by atoms with Crippen LogP contribution in [0.5, 0.6) is 0 Å². The number of carbonyl (C=O) groups excluding carboxylic acids is 2. The van der Waals surface area contributed by atoms with Crippen LogP contribution in [-0.4, -0.2) is 95.3 Å². The molecular weight excluding hydrogens is 586 g/mol. The molecule has 2 aliphatic heterocycles. The summed E-state index contributed by atoms with van der Waals surface area (Å²) in [6.07, 6.45) is 2.06. The molecule has 2 amide bonds. The van der Waals surface area contributed by atoms with Crippen LogP contribution in [0.1, 0.15) is 73.8 Å². The van der Waals surface area contributed by atoms with Gasteiger partial charge in [0.1, 0.15) is 17.7 Å². The van der Waals surface area contributed by atoms with E-state index in [0.717, 1.165) is 48.1 Å². The molecule has 3 fully saturated rings. The Morgan fingerprint density at radius 3 is 2.43 bits per heavy atom. The number of nitrogens with zero attached hydrogens (tertiary/aromatic N) is 1. The zero-order valence-corrected chi connectivity index (χ0v) is 27.8. The number of rotatable bonds is 14. The fraction of sp³-hybridized carbons (Fsp3) is 0.611. The number of nitrogens with one attached hydrogen (secondary N) is 2. The van der Waals surface area contributed by atoms with Gasteiger partial charge in [-0.3, -0.25) is 9.59 Å². The molecular formula is C36H51N3O7. The van der Waals surface area contributed by atoms with Crippen molar-refractivity contribution in [2.75, 3.05) is 33.8 Å². The monoisotopic (exact) mass is 637 g/mol. The molecule has 5 N–H and O–H groups in total. The summed E-state index contributed by atoms with van der Waals surface area (Å²) in [5.74, 6) is -1.51. The molecule has 2 bridgehead atoms. The van der Waals surface area contributed by atoms with Crippen molar-refractivity contribution in [1.82, 2.24) is 15.5 Å². The van der Waals surface area contributed by atoms with E-state index in [1.54, 1.807) is 13.8 Å². The number of aryl methyl sites for hydroxylation is 2. The number of carbonyl (C=O) groups is 2. The van der Waals surface area contributed by atoms with Crippen LogP contribution in [0.15, 0.2) is 42.5 Å². The number of benzene rings is 2. The normalized spacial score (nSPS) is 26.6. The summed E-state index contributed by atoms with van der Waals surface area (Å²) in [7, 11) is 3.92. The van der Waals surface area contributed by atoms with Crippen LogP contribution in [0.4, 0.5) is 0 Å². The summed E-state index contributed by atoms with van der Waals surface area (Å²) >= 11 is 0. The van der Waals surface area contributed by atoms with Gasteiger partial charge in [0.15, 0.2) is 0 Å². The first kappa shape index (κ1) is 34.5. The first-order valence-electron chi connectivity index (χ1n) is 16.6. The van der Waals surface area contributed by atoms with Crippen LogP contribution >= 0.6 is 0 Å². The van der Waals surface area contributed by atoms with Gasteiger partial charge in [-0.1, -0.05) is 36.4 Å². The molecule has 1 aliphatic carbocycles. The largest absolute Gasteiger partial charge is 0.390 e. The average Bonchev–Trinajstić information content (AvgIpc) is 3.77. The zero-order valence-electron chi connectivity index (χ0n) is 27.8. The second-order valence-electron chi connectivity index (χ2n) is 14.3. The van der Waals surface area contributed by atoms with Crippen LogP contribution in [0.3, 0.4) is 0 Å². The van der Waals surface area contributed by atoms with Gasteiger partial charge in [-0.05, 0) is 101 Å². The average molecular weight is 638 g/mol. The third-order valence-corrected chi connectivity index (χ3v) is 9.86. The van der Waals surface area contributed by atoms with E-state index in [1.807, 2.05) is 44.1 Å². The van der Waals surface area contributed by atoms with Gasteiger partial charge >= 0.3 is 0 Å². The predicted molar refractivity (Wildman–Crippen MR) is 174 cm³/mol. The van der Waals surface area contributed by atoms with Crippen molar-refractivity contribution in [3.05, 3.63) is 70.3 Å². The van der Waals surface area contributed by atoms with E-state index in [9.17, 15) is 24.9 Å².